The Kier molecular flexibility index (Phi) is 7.76. The lowest BCUT2D eigenvalue weighted by atomic mass is 9.86. The molecule has 43 heavy (non-hydrogen) atoms. The molecule has 2 fully saturated rings. The van der Waals surface area contributed by atoms with Crippen molar-refractivity contribution in [2.24, 2.45) is 0 Å². The molecule has 4 aromatic rings. The van der Waals surface area contributed by atoms with Crippen LogP contribution in [0, 0.1) is 11.6 Å². The first-order valence-corrected chi connectivity index (χ1v) is 14.3. The van der Waals surface area contributed by atoms with E-state index in [1.807, 2.05) is 60.7 Å². The highest BCUT2D eigenvalue weighted by Gasteiger charge is 2.54. The minimum Gasteiger partial charge on any atom is -0.480 e. The molecule has 218 valence electrons. The number of amides is 2. The molecule has 8 heteroatoms. The summed E-state index contributed by atoms with van der Waals surface area (Å²) >= 11 is 0. The molecule has 1 N–H and O–H groups in total. The van der Waals surface area contributed by atoms with Crippen molar-refractivity contribution in [3.63, 3.8) is 0 Å². The van der Waals surface area contributed by atoms with Crippen LogP contribution < -0.4 is 0 Å². The number of carbonyl (C=O) groups excluding carboxylic acids is 2. The molecule has 2 bridgehead atoms. The first-order valence-electron chi connectivity index (χ1n) is 14.3. The Labute approximate surface area is 248 Å². The van der Waals surface area contributed by atoms with Crippen molar-refractivity contribution >= 4 is 17.8 Å². The van der Waals surface area contributed by atoms with Crippen LogP contribution in [0.1, 0.15) is 46.9 Å². The number of hydrogen-bond donors (Lipinski definition) is 1. The zero-order valence-corrected chi connectivity index (χ0v) is 23.2. The van der Waals surface area contributed by atoms with E-state index in [1.165, 1.54) is 41.3 Å². The zero-order valence-electron chi connectivity index (χ0n) is 23.2. The number of likely N-dealkylation sites (tertiary alicyclic amines) is 1. The van der Waals surface area contributed by atoms with Gasteiger partial charge in [0, 0.05) is 23.7 Å². The van der Waals surface area contributed by atoms with Crippen molar-refractivity contribution < 1.29 is 28.3 Å². The van der Waals surface area contributed by atoms with Gasteiger partial charge in [0.15, 0.2) is 0 Å². The van der Waals surface area contributed by atoms with Crippen LogP contribution in [-0.4, -0.2) is 57.4 Å². The van der Waals surface area contributed by atoms with Gasteiger partial charge in [0.1, 0.15) is 17.7 Å². The van der Waals surface area contributed by atoms with Crippen molar-refractivity contribution in [3.05, 3.63) is 143 Å². The summed E-state index contributed by atoms with van der Waals surface area (Å²) in [7, 11) is 0. The zero-order chi connectivity index (χ0) is 30.1. The molecule has 2 heterocycles. The smallest absolute Gasteiger partial charge is 0.328 e. The number of hydrogen-bond acceptors (Lipinski definition) is 3. The summed E-state index contributed by atoms with van der Waals surface area (Å²) in [6.07, 6.45) is 0.891. The Morgan fingerprint density at radius 3 is 1.63 bits per heavy atom. The Balaban J connectivity index is 1.39. The van der Waals surface area contributed by atoms with E-state index in [0.717, 1.165) is 11.1 Å². The fourth-order valence-electron chi connectivity index (χ4n) is 6.75. The monoisotopic (exact) mass is 580 g/mol. The summed E-state index contributed by atoms with van der Waals surface area (Å²) in [5.41, 5.74) is 1.48. The highest BCUT2D eigenvalue weighted by atomic mass is 19.1. The number of piperazine rings is 1. The molecule has 0 saturated carbocycles. The van der Waals surface area contributed by atoms with Crippen molar-refractivity contribution in [1.82, 2.24) is 9.80 Å². The molecule has 4 aromatic carbocycles. The number of carboxylic acid groups (broad SMARTS) is 1. The molecule has 6 rings (SSSR count). The van der Waals surface area contributed by atoms with Crippen LogP contribution in [0.4, 0.5) is 8.78 Å². The van der Waals surface area contributed by atoms with Gasteiger partial charge in [-0.2, -0.15) is 0 Å². The molecule has 0 aliphatic carbocycles. The summed E-state index contributed by atoms with van der Waals surface area (Å²) in [6.45, 7) is -0.0618. The molecule has 0 radical (unpaired) electrons. The molecular formula is C35H30F2N2O4. The van der Waals surface area contributed by atoms with Crippen LogP contribution in [0.2, 0.25) is 0 Å². The number of fused-ring (bicyclic) bond motifs is 2. The van der Waals surface area contributed by atoms with Gasteiger partial charge in [-0.3, -0.25) is 9.59 Å². The summed E-state index contributed by atoms with van der Waals surface area (Å²) < 4.78 is 30.2. The maximum atomic E-state index is 15.1. The van der Waals surface area contributed by atoms with E-state index < -0.39 is 53.5 Å². The predicted octanol–water partition coefficient (Wildman–Crippen LogP) is 5.58. The Morgan fingerprint density at radius 2 is 1.14 bits per heavy atom. The minimum atomic E-state index is -1.40. The maximum Gasteiger partial charge on any atom is 0.328 e. The minimum absolute atomic E-state index is 0.0409. The number of halogens is 2. The van der Waals surface area contributed by atoms with Crippen LogP contribution in [0.3, 0.4) is 0 Å². The SMILES string of the molecule is O=C(O)[C@@H]1[C@H]2CC[C@@H](CN1C(=O)C(c1ccccc1F)c1ccccc1F)N2C(=O)C(c1ccccc1)c1ccccc1. The van der Waals surface area contributed by atoms with Gasteiger partial charge in [-0.1, -0.05) is 97.1 Å². The summed E-state index contributed by atoms with van der Waals surface area (Å²) in [6, 6.07) is 27.3. The summed E-state index contributed by atoms with van der Waals surface area (Å²) in [5.74, 6) is -5.66. The number of aliphatic carboxylic acids is 1. The fourth-order valence-corrected chi connectivity index (χ4v) is 6.75. The van der Waals surface area contributed by atoms with Crippen LogP contribution >= 0.6 is 0 Å². The first kappa shape index (κ1) is 28.3. The standard InChI is InChI=1S/C35H30F2N2O4/c36-27-17-9-7-15-25(27)31(26-16-8-10-18-28(26)37)33(40)38-21-24-19-20-29(32(38)35(42)43)39(24)34(41)30(22-11-3-1-4-12-22)23-13-5-2-6-14-23/h1-18,24,29-32H,19-21H2,(H,42,43)/t24-,29+,32-/m0/s1. The van der Waals surface area contributed by atoms with Crippen LogP contribution in [0.15, 0.2) is 109 Å². The average Bonchev–Trinajstić information content (AvgIpc) is 3.32. The number of rotatable bonds is 7. The molecule has 2 aliphatic rings. The lowest BCUT2D eigenvalue weighted by Crippen LogP contribution is -2.66. The van der Waals surface area contributed by atoms with Crippen molar-refractivity contribution in [2.75, 3.05) is 6.54 Å². The molecule has 2 saturated heterocycles. The fraction of sp³-hybridized carbons (Fsp3) is 0.229. The lowest BCUT2D eigenvalue weighted by molar-refractivity contribution is -0.161. The summed E-state index contributed by atoms with van der Waals surface area (Å²) in [5, 5.41) is 10.5. The first-order chi connectivity index (χ1) is 20.9. The van der Waals surface area contributed by atoms with Crippen molar-refractivity contribution in [2.45, 2.75) is 42.8 Å². The van der Waals surface area contributed by atoms with Crippen molar-refractivity contribution in [1.29, 1.82) is 0 Å². The van der Waals surface area contributed by atoms with Gasteiger partial charge in [0.25, 0.3) is 0 Å². The lowest BCUT2D eigenvalue weighted by Gasteiger charge is -2.47. The number of nitrogens with zero attached hydrogens (tertiary/aromatic N) is 2. The normalized spacial score (nSPS) is 19.6. The van der Waals surface area contributed by atoms with E-state index >= 15 is 8.78 Å². The van der Waals surface area contributed by atoms with Crippen molar-refractivity contribution in [3.8, 4) is 0 Å². The highest BCUT2D eigenvalue weighted by molar-refractivity contribution is 5.93. The van der Waals surface area contributed by atoms with E-state index in [9.17, 15) is 19.5 Å². The third-order valence-electron chi connectivity index (χ3n) is 8.64. The Bertz CT molecular complexity index is 1560. The van der Waals surface area contributed by atoms with Gasteiger partial charge in [-0.05, 0) is 36.1 Å². The second-order valence-electron chi connectivity index (χ2n) is 11.0. The Morgan fingerprint density at radius 1 is 0.651 bits per heavy atom. The molecular weight excluding hydrogens is 550 g/mol. The molecule has 6 nitrogen and oxygen atoms in total. The number of carboxylic acids is 1. The largest absolute Gasteiger partial charge is 0.480 e. The van der Waals surface area contributed by atoms with Crippen LogP contribution in [0.25, 0.3) is 0 Å². The Hall–Kier alpha value is -4.85. The topological polar surface area (TPSA) is 77.9 Å². The molecule has 3 atom stereocenters. The van der Waals surface area contributed by atoms with E-state index in [4.69, 9.17) is 0 Å². The molecule has 0 aromatic heterocycles. The van der Waals surface area contributed by atoms with E-state index in [-0.39, 0.29) is 23.6 Å². The van der Waals surface area contributed by atoms with Gasteiger partial charge in [-0.25, -0.2) is 13.6 Å². The van der Waals surface area contributed by atoms with E-state index in [1.54, 1.807) is 17.0 Å². The molecule has 0 spiro atoms. The molecule has 2 amide bonds. The quantitative estimate of drug-likeness (QED) is 0.310. The van der Waals surface area contributed by atoms with Crippen LogP contribution in [-0.2, 0) is 14.4 Å². The molecule has 0 unspecified atom stereocenters. The second kappa shape index (κ2) is 11.8. The van der Waals surface area contributed by atoms with Gasteiger partial charge in [0.2, 0.25) is 11.8 Å². The maximum absolute atomic E-state index is 15.1. The van der Waals surface area contributed by atoms with E-state index in [2.05, 4.69) is 0 Å². The average molecular weight is 581 g/mol. The van der Waals surface area contributed by atoms with Gasteiger partial charge in [0.05, 0.1) is 17.9 Å². The van der Waals surface area contributed by atoms with Gasteiger partial charge >= 0.3 is 5.97 Å². The number of benzene rings is 4. The predicted molar refractivity (Wildman–Crippen MR) is 156 cm³/mol. The van der Waals surface area contributed by atoms with Crippen LogP contribution in [0.5, 0.6) is 0 Å². The van der Waals surface area contributed by atoms with E-state index in [0.29, 0.717) is 12.8 Å². The van der Waals surface area contributed by atoms with Gasteiger partial charge < -0.3 is 14.9 Å². The highest BCUT2D eigenvalue weighted by Crippen LogP contribution is 2.41. The third-order valence-corrected chi connectivity index (χ3v) is 8.64. The second-order valence-corrected chi connectivity index (χ2v) is 11.0. The molecule has 2 aliphatic heterocycles. The van der Waals surface area contributed by atoms with Gasteiger partial charge in [-0.15, -0.1) is 0 Å². The summed E-state index contributed by atoms with van der Waals surface area (Å²) in [4.78, 5) is 44.5. The third kappa shape index (κ3) is 5.18. The number of carbonyl (C=O) groups is 3.